The Morgan fingerprint density at radius 3 is 2.40 bits per heavy atom. The van der Waals surface area contributed by atoms with Crippen LogP contribution in [0.5, 0.6) is 0 Å². The SMILES string of the molecule is COC(=O)c1sc2nc(C)nc(N3CCC(C(=O)OC)CC3)c2c1C. The predicted molar refractivity (Wildman–Crippen MR) is 95.2 cm³/mol. The van der Waals surface area contributed by atoms with Crippen LogP contribution in [-0.2, 0) is 14.3 Å². The molecule has 7 nitrogen and oxygen atoms in total. The van der Waals surface area contributed by atoms with Crippen molar-refractivity contribution in [2.24, 2.45) is 5.92 Å². The van der Waals surface area contributed by atoms with Gasteiger partial charge in [0.05, 0.1) is 25.5 Å². The van der Waals surface area contributed by atoms with Gasteiger partial charge in [0.25, 0.3) is 0 Å². The number of esters is 2. The number of carbonyl (C=O) groups excluding carboxylic acids is 2. The van der Waals surface area contributed by atoms with Gasteiger partial charge in [-0.15, -0.1) is 11.3 Å². The molecule has 0 spiro atoms. The second-order valence-corrected chi connectivity index (χ2v) is 7.11. The van der Waals surface area contributed by atoms with E-state index in [-0.39, 0.29) is 17.9 Å². The average molecular weight is 363 g/mol. The monoisotopic (exact) mass is 363 g/mol. The molecule has 1 fully saturated rings. The van der Waals surface area contributed by atoms with Crippen molar-refractivity contribution in [3.05, 3.63) is 16.3 Å². The Balaban J connectivity index is 1.98. The molecule has 1 aliphatic heterocycles. The standard InChI is InChI=1S/C17H21N3O4S/c1-9-12-14(20-7-5-11(6-8-20)16(21)23-3)18-10(2)19-15(12)25-13(9)17(22)24-4/h11H,5-8H2,1-4H3. The zero-order valence-corrected chi connectivity index (χ0v) is 15.6. The summed E-state index contributed by atoms with van der Waals surface area (Å²) >= 11 is 1.33. The Morgan fingerprint density at radius 2 is 1.80 bits per heavy atom. The Morgan fingerprint density at radius 1 is 1.12 bits per heavy atom. The van der Waals surface area contributed by atoms with Gasteiger partial charge in [0.2, 0.25) is 0 Å². The maximum absolute atomic E-state index is 12.0. The smallest absolute Gasteiger partial charge is 0.348 e. The minimum absolute atomic E-state index is 0.0612. The van der Waals surface area contributed by atoms with Crippen molar-refractivity contribution in [3.63, 3.8) is 0 Å². The van der Waals surface area contributed by atoms with Gasteiger partial charge >= 0.3 is 11.9 Å². The second kappa shape index (κ2) is 6.95. The van der Waals surface area contributed by atoms with Gasteiger partial charge in [-0.1, -0.05) is 0 Å². The number of piperidine rings is 1. The maximum Gasteiger partial charge on any atom is 0.348 e. The number of thiophene rings is 1. The normalized spacial score (nSPS) is 15.4. The van der Waals surface area contributed by atoms with Crippen LogP contribution in [-0.4, -0.2) is 49.2 Å². The van der Waals surface area contributed by atoms with E-state index in [1.165, 1.54) is 25.6 Å². The number of hydrogen-bond acceptors (Lipinski definition) is 8. The van der Waals surface area contributed by atoms with E-state index in [1.54, 1.807) is 0 Å². The summed E-state index contributed by atoms with van der Waals surface area (Å²) in [5, 5.41) is 0.896. The van der Waals surface area contributed by atoms with E-state index in [4.69, 9.17) is 9.47 Å². The van der Waals surface area contributed by atoms with Gasteiger partial charge in [-0.25, -0.2) is 14.8 Å². The van der Waals surface area contributed by atoms with Crippen LogP contribution >= 0.6 is 11.3 Å². The van der Waals surface area contributed by atoms with E-state index >= 15 is 0 Å². The van der Waals surface area contributed by atoms with Crippen LogP contribution in [0, 0.1) is 19.8 Å². The number of aryl methyl sites for hydroxylation is 2. The number of hydrogen-bond donors (Lipinski definition) is 0. The molecule has 0 atom stereocenters. The van der Waals surface area contributed by atoms with E-state index in [1.807, 2.05) is 13.8 Å². The average Bonchev–Trinajstić information content (AvgIpc) is 2.96. The zero-order valence-electron chi connectivity index (χ0n) is 14.8. The Bertz CT molecular complexity index is 825. The third-order valence-electron chi connectivity index (χ3n) is 4.58. The topological polar surface area (TPSA) is 81.6 Å². The summed E-state index contributed by atoms with van der Waals surface area (Å²) in [6.07, 6.45) is 1.45. The van der Waals surface area contributed by atoms with E-state index in [9.17, 15) is 9.59 Å². The van der Waals surface area contributed by atoms with Crippen LogP contribution in [0.1, 0.15) is 33.9 Å². The van der Waals surface area contributed by atoms with Crippen molar-refractivity contribution >= 4 is 39.3 Å². The molecule has 25 heavy (non-hydrogen) atoms. The van der Waals surface area contributed by atoms with E-state index in [2.05, 4.69) is 14.9 Å². The molecular formula is C17H21N3O4S. The molecule has 0 N–H and O–H groups in total. The third kappa shape index (κ3) is 3.18. The first-order valence-electron chi connectivity index (χ1n) is 8.15. The number of nitrogens with zero attached hydrogens (tertiary/aromatic N) is 3. The van der Waals surface area contributed by atoms with Crippen LogP contribution < -0.4 is 4.90 Å². The van der Waals surface area contributed by atoms with Crippen LogP contribution in [0.2, 0.25) is 0 Å². The number of anilines is 1. The molecule has 1 saturated heterocycles. The largest absolute Gasteiger partial charge is 0.469 e. The summed E-state index contributed by atoms with van der Waals surface area (Å²) < 4.78 is 9.72. The minimum atomic E-state index is -0.353. The lowest BCUT2D eigenvalue weighted by Gasteiger charge is -2.32. The quantitative estimate of drug-likeness (QED) is 0.775. The van der Waals surface area contributed by atoms with Crippen LogP contribution in [0.25, 0.3) is 10.2 Å². The van der Waals surface area contributed by atoms with Crippen LogP contribution in [0.15, 0.2) is 0 Å². The van der Waals surface area contributed by atoms with Crippen molar-refractivity contribution in [3.8, 4) is 0 Å². The second-order valence-electron chi connectivity index (χ2n) is 6.11. The first kappa shape index (κ1) is 17.6. The summed E-state index contributed by atoms with van der Waals surface area (Å²) in [5.41, 5.74) is 0.844. The molecule has 3 heterocycles. The number of ether oxygens (including phenoxy) is 2. The fourth-order valence-corrected chi connectivity index (χ4v) is 4.37. The Hall–Kier alpha value is -2.22. The molecule has 2 aromatic heterocycles. The van der Waals surface area contributed by atoms with Crippen molar-refractivity contribution < 1.29 is 19.1 Å². The lowest BCUT2D eigenvalue weighted by molar-refractivity contribution is -0.146. The molecule has 2 aromatic rings. The highest BCUT2D eigenvalue weighted by molar-refractivity contribution is 7.20. The molecule has 0 unspecified atom stereocenters. The van der Waals surface area contributed by atoms with Crippen molar-refractivity contribution in [2.75, 3.05) is 32.2 Å². The summed E-state index contributed by atoms with van der Waals surface area (Å²) in [7, 11) is 2.80. The molecule has 134 valence electrons. The summed E-state index contributed by atoms with van der Waals surface area (Å²) in [6.45, 7) is 5.17. The predicted octanol–water partition coefficient (Wildman–Crippen LogP) is 2.48. The number of methoxy groups -OCH3 is 2. The Labute approximate surface area is 150 Å². The highest BCUT2D eigenvalue weighted by Gasteiger charge is 2.29. The molecule has 3 rings (SSSR count). The highest BCUT2D eigenvalue weighted by atomic mass is 32.1. The van der Waals surface area contributed by atoms with Crippen molar-refractivity contribution in [2.45, 2.75) is 26.7 Å². The van der Waals surface area contributed by atoms with Gasteiger partial charge in [0.15, 0.2) is 0 Å². The van der Waals surface area contributed by atoms with Crippen molar-refractivity contribution in [1.82, 2.24) is 9.97 Å². The molecule has 0 radical (unpaired) electrons. The first-order chi connectivity index (χ1) is 12.0. The zero-order chi connectivity index (χ0) is 18.1. The molecule has 0 amide bonds. The van der Waals surface area contributed by atoms with E-state index in [0.29, 0.717) is 23.8 Å². The number of fused-ring (bicyclic) bond motifs is 1. The fourth-order valence-electron chi connectivity index (χ4n) is 3.23. The molecule has 0 aliphatic carbocycles. The molecule has 0 aromatic carbocycles. The van der Waals surface area contributed by atoms with Gasteiger partial charge in [-0.2, -0.15) is 0 Å². The number of aromatic nitrogens is 2. The molecule has 0 saturated carbocycles. The first-order valence-corrected chi connectivity index (χ1v) is 8.96. The van der Waals surface area contributed by atoms with E-state index in [0.717, 1.165) is 34.4 Å². The van der Waals surface area contributed by atoms with Gasteiger partial charge < -0.3 is 14.4 Å². The molecule has 1 aliphatic rings. The van der Waals surface area contributed by atoms with Crippen molar-refractivity contribution in [1.29, 1.82) is 0 Å². The molecule has 0 bridgehead atoms. The van der Waals surface area contributed by atoms with Gasteiger partial charge in [0.1, 0.15) is 21.3 Å². The van der Waals surface area contributed by atoms with E-state index < -0.39 is 0 Å². The van der Waals surface area contributed by atoms with Gasteiger partial charge in [-0.05, 0) is 32.3 Å². The van der Waals surface area contributed by atoms with Crippen LogP contribution in [0.4, 0.5) is 5.82 Å². The van der Waals surface area contributed by atoms with Gasteiger partial charge in [0, 0.05) is 13.1 Å². The van der Waals surface area contributed by atoms with Crippen LogP contribution in [0.3, 0.4) is 0 Å². The number of carbonyl (C=O) groups is 2. The highest BCUT2D eigenvalue weighted by Crippen LogP contribution is 2.37. The molecular weight excluding hydrogens is 342 g/mol. The van der Waals surface area contributed by atoms with Gasteiger partial charge in [-0.3, -0.25) is 4.79 Å². The molecule has 8 heteroatoms. The third-order valence-corrected chi connectivity index (χ3v) is 5.75. The lowest BCUT2D eigenvalue weighted by Crippen LogP contribution is -2.37. The summed E-state index contributed by atoms with van der Waals surface area (Å²) in [6, 6.07) is 0. The maximum atomic E-state index is 12.0. The summed E-state index contributed by atoms with van der Waals surface area (Å²) in [5.74, 6) is 0.927. The summed E-state index contributed by atoms with van der Waals surface area (Å²) in [4.78, 5) is 36.4. The number of rotatable bonds is 3. The fraction of sp³-hybridized carbons (Fsp3) is 0.529. The lowest BCUT2D eigenvalue weighted by atomic mass is 9.97. The Kier molecular flexibility index (Phi) is 4.89. The minimum Gasteiger partial charge on any atom is -0.469 e.